The monoisotopic (exact) mass is 224 g/mol. The normalized spacial score (nSPS) is 20.1. The van der Waals surface area contributed by atoms with Crippen LogP contribution in [0.5, 0.6) is 0 Å². The summed E-state index contributed by atoms with van der Waals surface area (Å²) in [5.41, 5.74) is 5.68. The van der Waals surface area contributed by atoms with Crippen LogP contribution in [0.15, 0.2) is 16.5 Å². The second kappa shape index (κ2) is 3.97. The number of rotatable bonds is 2. The van der Waals surface area contributed by atoms with Crippen molar-refractivity contribution in [2.24, 2.45) is 5.73 Å². The highest BCUT2D eigenvalue weighted by Crippen LogP contribution is 2.15. The van der Waals surface area contributed by atoms with Gasteiger partial charge in [-0.25, -0.2) is 4.79 Å². The van der Waals surface area contributed by atoms with Crippen molar-refractivity contribution >= 4 is 11.9 Å². The van der Waals surface area contributed by atoms with E-state index in [9.17, 15) is 9.59 Å². The van der Waals surface area contributed by atoms with Crippen molar-refractivity contribution in [1.29, 1.82) is 0 Å². The molecule has 3 N–H and O–H groups in total. The van der Waals surface area contributed by atoms with E-state index < -0.39 is 5.97 Å². The van der Waals surface area contributed by atoms with Crippen LogP contribution in [-0.2, 0) is 0 Å². The Morgan fingerprint density at radius 3 is 2.62 bits per heavy atom. The molecule has 0 bridgehead atoms. The molecular weight excluding hydrogens is 212 g/mol. The SMILES string of the molecule is NC1CCN(C(=O)c2ccc(C(=O)O)o2)C1. The number of aromatic carboxylic acids is 1. The van der Waals surface area contributed by atoms with Crippen LogP contribution < -0.4 is 5.73 Å². The molecule has 1 fully saturated rings. The number of carbonyl (C=O) groups excluding carboxylic acids is 1. The second-order valence-electron chi connectivity index (χ2n) is 3.77. The summed E-state index contributed by atoms with van der Waals surface area (Å²) in [6.07, 6.45) is 0.762. The molecule has 2 rings (SSSR count). The van der Waals surface area contributed by atoms with E-state index in [1.807, 2.05) is 0 Å². The molecule has 1 saturated heterocycles. The predicted octanol–water partition coefficient (Wildman–Crippen LogP) is 0.151. The van der Waals surface area contributed by atoms with Crippen molar-refractivity contribution in [2.75, 3.05) is 13.1 Å². The van der Waals surface area contributed by atoms with Gasteiger partial charge in [-0.1, -0.05) is 0 Å². The van der Waals surface area contributed by atoms with E-state index in [0.717, 1.165) is 6.42 Å². The fourth-order valence-corrected chi connectivity index (χ4v) is 1.70. The number of hydrogen-bond acceptors (Lipinski definition) is 4. The Labute approximate surface area is 91.6 Å². The first kappa shape index (κ1) is 10.7. The minimum Gasteiger partial charge on any atom is -0.475 e. The Kier molecular flexibility index (Phi) is 2.66. The number of likely N-dealkylation sites (tertiary alicyclic amines) is 1. The number of hydrogen-bond donors (Lipinski definition) is 2. The molecule has 1 unspecified atom stereocenters. The van der Waals surface area contributed by atoms with Crippen molar-refractivity contribution in [2.45, 2.75) is 12.5 Å². The summed E-state index contributed by atoms with van der Waals surface area (Å²) in [6.45, 7) is 1.07. The Morgan fingerprint density at radius 1 is 1.44 bits per heavy atom. The molecule has 6 nitrogen and oxygen atoms in total. The van der Waals surface area contributed by atoms with Gasteiger partial charge in [-0.2, -0.15) is 0 Å². The van der Waals surface area contributed by atoms with Crippen LogP contribution in [0.4, 0.5) is 0 Å². The fraction of sp³-hybridized carbons (Fsp3) is 0.400. The molecule has 0 aromatic carbocycles. The molecule has 1 aliphatic heterocycles. The van der Waals surface area contributed by atoms with Gasteiger partial charge in [-0.05, 0) is 18.6 Å². The van der Waals surface area contributed by atoms with Gasteiger partial charge in [0.2, 0.25) is 5.76 Å². The van der Waals surface area contributed by atoms with E-state index in [2.05, 4.69) is 0 Å². The molecule has 86 valence electrons. The number of furan rings is 1. The Balaban J connectivity index is 2.11. The minimum absolute atomic E-state index is 0.00198. The molecule has 0 saturated carbocycles. The lowest BCUT2D eigenvalue weighted by atomic mass is 10.3. The summed E-state index contributed by atoms with van der Waals surface area (Å²) >= 11 is 0. The average Bonchev–Trinajstić information content (AvgIpc) is 2.84. The first-order valence-electron chi connectivity index (χ1n) is 4.96. The van der Waals surface area contributed by atoms with Gasteiger partial charge in [0.1, 0.15) is 0 Å². The van der Waals surface area contributed by atoms with E-state index in [-0.39, 0.29) is 23.5 Å². The van der Waals surface area contributed by atoms with Crippen molar-refractivity contribution in [3.63, 3.8) is 0 Å². The molecule has 0 radical (unpaired) electrons. The molecule has 1 amide bonds. The van der Waals surface area contributed by atoms with Crippen LogP contribution in [0.3, 0.4) is 0 Å². The van der Waals surface area contributed by atoms with Crippen molar-refractivity contribution in [3.05, 3.63) is 23.7 Å². The zero-order chi connectivity index (χ0) is 11.7. The Hall–Kier alpha value is -1.82. The van der Waals surface area contributed by atoms with Gasteiger partial charge < -0.3 is 20.2 Å². The second-order valence-corrected chi connectivity index (χ2v) is 3.77. The minimum atomic E-state index is -1.18. The molecule has 1 aromatic rings. The van der Waals surface area contributed by atoms with E-state index in [1.54, 1.807) is 4.90 Å². The molecule has 2 heterocycles. The largest absolute Gasteiger partial charge is 0.475 e. The average molecular weight is 224 g/mol. The van der Waals surface area contributed by atoms with Crippen molar-refractivity contribution in [1.82, 2.24) is 4.90 Å². The smallest absolute Gasteiger partial charge is 0.371 e. The van der Waals surface area contributed by atoms with Gasteiger partial charge in [0.15, 0.2) is 5.76 Å². The molecule has 6 heteroatoms. The molecule has 1 atom stereocenters. The fourth-order valence-electron chi connectivity index (χ4n) is 1.70. The number of carboxylic acids is 1. The van der Waals surface area contributed by atoms with Crippen LogP contribution in [0.2, 0.25) is 0 Å². The third kappa shape index (κ3) is 1.92. The zero-order valence-corrected chi connectivity index (χ0v) is 8.55. The standard InChI is InChI=1S/C10H12N2O4/c11-6-3-4-12(5-6)9(13)7-1-2-8(16-7)10(14)15/h1-2,6H,3-5,11H2,(H,14,15). The lowest BCUT2D eigenvalue weighted by Crippen LogP contribution is -2.31. The first-order valence-corrected chi connectivity index (χ1v) is 4.96. The number of carbonyl (C=O) groups is 2. The van der Waals surface area contributed by atoms with E-state index in [1.165, 1.54) is 12.1 Å². The highest BCUT2D eigenvalue weighted by Gasteiger charge is 2.26. The van der Waals surface area contributed by atoms with Gasteiger partial charge in [-0.15, -0.1) is 0 Å². The van der Waals surface area contributed by atoms with E-state index in [0.29, 0.717) is 13.1 Å². The molecule has 0 spiro atoms. The molecule has 16 heavy (non-hydrogen) atoms. The lowest BCUT2D eigenvalue weighted by molar-refractivity contribution is 0.0653. The van der Waals surface area contributed by atoms with Gasteiger partial charge in [0.05, 0.1) is 0 Å². The number of amides is 1. The van der Waals surface area contributed by atoms with E-state index in [4.69, 9.17) is 15.3 Å². The summed E-state index contributed by atoms with van der Waals surface area (Å²) in [5, 5.41) is 8.65. The third-order valence-electron chi connectivity index (χ3n) is 2.54. The topological polar surface area (TPSA) is 96.8 Å². The number of nitrogens with two attached hydrogens (primary N) is 1. The van der Waals surface area contributed by atoms with Gasteiger partial charge in [0, 0.05) is 19.1 Å². The molecule has 1 aromatic heterocycles. The molecular formula is C10H12N2O4. The maximum atomic E-state index is 11.8. The van der Waals surface area contributed by atoms with Crippen LogP contribution in [0.1, 0.15) is 27.5 Å². The summed E-state index contributed by atoms with van der Waals surface area (Å²) in [4.78, 5) is 23.9. The Morgan fingerprint density at radius 2 is 2.12 bits per heavy atom. The van der Waals surface area contributed by atoms with Crippen LogP contribution >= 0.6 is 0 Å². The van der Waals surface area contributed by atoms with Crippen molar-refractivity contribution in [3.8, 4) is 0 Å². The van der Waals surface area contributed by atoms with Crippen LogP contribution in [-0.4, -0.2) is 41.0 Å². The van der Waals surface area contributed by atoms with Gasteiger partial charge in [0.25, 0.3) is 5.91 Å². The summed E-state index contributed by atoms with van der Waals surface area (Å²) < 4.78 is 4.92. The highest BCUT2D eigenvalue weighted by atomic mass is 16.4. The van der Waals surface area contributed by atoms with E-state index >= 15 is 0 Å². The number of carboxylic acid groups (broad SMARTS) is 1. The third-order valence-corrected chi connectivity index (χ3v) is 2.54. The Bertz CT molecular complexity index is 426. The summed E-state index contributed by atoms with van der Waals surface area (Å²) in [6, 6.07) is 2.64. The quantitative estimate of drug-likeness (QED) is 0.745. The van der Waals surface area contributed by atoms with Crippen LogP contribution in [0, 0.1) is 0 Å². The predicted molar refractivity (Wildman–Crippen MR) is 54.2 cm³/mol. The zero-order valence-electron chi connectivity index (χ0n) is 8.55. The highest BCUT2D eigenvalue weighted by molar-refractivity contribution is 5.93. The van der Waals surface area contributed by atoms with Crippen LogP contribution in [0.25, 0.3) is 0 Å². The maximum absolute atomic E-state index is 11.8. The van der Waals surface area contributed by atoms with Gasteiger partial charge in [-0.3, -0.25) is 4.79 Å². The number of nitrogens with zero attached hydrogens (tertiary/aromatic N) is 1. The molecule has 0 aliphatic carbocycles. The van der Waals surface area contributed by atoms with Crippen molar-refractivity contribution < 1.29 is 19.1 Å². The van der Waals surface area contributed by atoms with Gasteiger partial charge >= 0.3 is 5.97 Å². The lowest BCUT2D eigenvalue weighted by Gasteiger charge is -2.13. The summed E-state index contributed by atoms with van der Waals surface area (Å²) in [7, 11) is 0. The summed E-state index contributed by atoms with van der Waals surface area (Å²) in [5.74, 6) is -1.67. The maximum Gasteiger partial charge on any atom is 0.371 e. The molecule has 1 aliphatic rings. The first-order chi connectivity index (χ1) is 7.58.